The minimum absolute atomic E-state index is 0.592. The van der Waals surface area contributed by atoms with Gasteiger partial charge in [0.15, 0.2) is 5.96 Å². The van der Waals surface area contributed by atoms with Gasteiger partial charge in [0.2, 0.25) is 0 Å². The summed E-state index contributed by atoms with van der Waals surface area (Å²) in [5.74, 6) is 0.806. The van der Waals surface area contributed by atoms with Crippen molar-refractivity contribution in [3.8, 4) is 0 Å². The number of guanidine groups is 1. The third-order valence-electron chi connectivity index (χ3n) is 3.60. The molecule has 0 spiro atoms. The molecule has 2 aromatic rings. The molecule has 2 N–H and O–H groups in total. The molecule has 0 bridgehead atoms. The Labute approximate surface area is 153 Å². The van der Waals surface area contributed by atoms with Crippen LogP contribution in [0.5, 0.6) is 0 Å². The molecule has 0 amide bonds. The first kappa shape index (κ1) is 18.6. The molecule has 0 aliphatic carbocycles. The van der Waals surface area contributed by atoms with E-state index < -0.39 is 0 Å². The fraction of sp³-hybridized carbons (Fsp3) is 0.412. The van der Waals surface area contributed by atoms with Gasteiger partial charge in [0.25, 0.3) is 0 Å². The van der Waals surface area contributed by atoms with E-state index in [9.17, 15) is 0 Å². The molecule has 5 nitrogen and oxygen atoms in total. The molecule has 0 saturated carbocycles. The highest BCUT2D eigenvalue weighted by Crippen LogP contribution is 2.21. The number of hydrogen-bond donors (Lipinski definition) is 2. The number of nitrogens with one attached hydrogen (secondary N) is 2. The molecule has 130 valence electrons. The second-order valence-electron chi connectivity index (χ2n) is 5.41. The van der Waals surface area contributed by atoms with Gasteiger partial charge in [-0.05, 0) is 43.5 Å². The highest BCUT2D eigenvalue weighted by molar-refractivity contribution is 6.35. The van der Waals surface area contributed by atoms with Crippen molar-refractivity contribution in [2.24, 2.45) is 12.0 Å². The Bertz CT molecular complexity index is 681. The van der Waals surface area contributed by atoms with Crippen molar-refractivity contribution in [1.29, 1.82) is 0 Å². The molecule has 0 saturated heterocycles. The molecule has 0 radical (unpaired) electrons. The Kier molecular flexibility index (Phi) is 7.40. The Hall–Kier alpha value is -1.72. The lowest BCUT2D eigenvalue weighted by molar-refractivity contribution is 0.703. The van der Waals surface area contributed by atoms with Crippen LogP contribution in [-0.2, 0) is 20.0 Å². The van der Waals surface area contributed by atoms with E-state index in [0.717, 1.165) is 48.2 Å². The fourth-order valence-corrected chi connectivity index (χ4v) is 2.77. The average molecular weight is 368 g/mol. The molecule has 0 aliphatic heterocycles. The molecule has 0 fully saturated rings. The van der Waals surface area contributed by atoms with E-state index >= 15 is 0 Å². The van der Waals surface area contributed by atoms with E-state index in [1.54, 1.807) is 12.3 Å². The van der Waals surface area contributed by atoms with Crippen LogP contribution >= 0.6 is 23.2 Å². The van der Waals surface area contributed by atoms with Crippen molar-refractivity contribution >= 4 is 29.2 Å². The maximum atomic E-state index is 6.19. The van der Waals surface area contributed by atoms with Crippen molar-refractivity contribution < 1.29 is 0 Å². The van der Waals surface area contributed by atoms with Gasteiger partial charge in [-0.3, -0.25) is 4.68 Å². The van der Waals surface area contributed by atoms with E-state index in [1.165, 1.54) is 0 Å². The molecule has 7 heteroatoms. The molecule has 0 unspecified atom stereocenters. The first-order valence-corrected chi connectivity index (χ1v) is 8.78. The van der Waals surface area contributed by atoms with Crippen LogP contribution in [0, 0.1) is 0 Å². The van der Waals surface area contributed by atoms with E-state index in [4.69, 9.17) is 23.2 Å². The van der Waals surface area contributed by atoms with Crippen LogP contribution in [0.15, 0.2) is 35.5 Å². The maximum Gasteiger partial charge on any atom is 0.191 e. The molecule has 1 aromatic carbocycles. The topological polar surface area (TPSA) is 54.2 Å². The summed E-state index contributed by atoms with van der Waals surface area (Å²) in [6.07, 6.45) is 3.63. The summed E-state index contributed by atoms with van der Waals surface area (Å²) in [6.45, 7) is 4.28. The van der Waals surface area contributed by atoms with E-state index in [0.29, 0.717) is 11.6 Å². The minimum Gasteiger partial charge on any atom is -0.357 e. The van der Waals surface area contributed by atoms with Gasteiger partial charge < -0.3 is 10.6 Å². The predicted molar refractivity (Wildman–Crippen MR) is 101 cm³/mol. The predicted octanol–water partition coefficient (Wildman–Crippen LogP) is 3.41. The summed E-state index contributed by atoms with van der Waals surface area (Å²) in [7, 11) is 1.92. The number of aliphatic imine (C=N–C) groups is 1. The Morgan fingerprint density at radius 2 is 2.08 bits per heavy atom. The highest BCUT2D eigenvalue weighted by Gasteiger charge is 2.03. The van der Waals surface area contributed by atoms with E-state index in [-0.39, 0.29) is 0 Å². The van der Waals surface area contributed by atoms with Crippen LogP contribution < -0.4 is 10.6 Å². The van der Waals surface area contributed by atoms with Gasteiger partial charge in [0.1, 0.15) is 0 Å². The molecule has 1 heterocycles. The standard InChI is InChI=1S/C17H23Cl2N5/c1-3-20-17(22-12-15-8-10-23-24(15)2)21-9-4-5-13-6-7-14(18)11-16(13)19/h6-8,10-11H,3-5,9,12H2,1-2H3,(H2,20,21,22). The highest BCUT2D eigenvalue weighted by atomic mass is 35.5. The molecule has 1 aromatic heterocycles. The van der Waals surface area contributed by atoms with Gasteiger partial charge in [-0.15, -0.1) is 0 Å². The SMILES string of the molecule is CCNC(=NCc1ccnn1C)NCCCc1ccc(Cl)cc1Cl. The van der Waals surface area contributed by atoms with Crippen molar-refractivity contribution in [1.82, 2.24) is 20.4 Å². The minimum atomic E-state index is 0.592. The first-order valence-electron chi connectivity index (χ1n) is 8.03. The maximum absolute atomic E-state index is 6.19. The third-order valence-corrected chi connectivity index (χ3v) is 4.18. The largest absolute Gasteiger partial charge is 0.357 e. The molecular weight excluding hydrogens is 345 g/mol. The van der Waals surface area contributed by atoms with E-state index in [1.807, 2.05) is 29.9 Å². The normalized spacial score (nSPS) is 11.6. The Morgan fingerprint density at radius 3 is 2.75 bits per heavy atom. The number of benzene rings is 1. The third kappa shape index (κ3) is 5.73. The molecule has 24 heavy (non-hydrogen) atoms. The van der Waals surface area contributed by atoms with Gasteiger partial charge in [-0.25, -0.2) is 4.99 Å². The van der Waals surface area contributed by atoms with Gasteiger partial charge >= 0.3 is 0 Å². The van der Waals surface area contributed by atoms with Crippen LogP contribution in [0.25, 0.3) is 0 Å². The Morgan fingerprint density at radius 1 is 1.25 bits per heavy atom. The second kappa shape index (κ2) is 9.55. The van der Waals surface area contributed by atoms with Crippen LogP contribution in [0.2, 0.25) is 10.0 Å². The average Bonchev–Trinajstić information content (AvgIpc) is 2.96. The second-order valence-corrected chi connectivity index (χ2v) is 6.25. The number of aryl methyl sites for hydroxylation is 2. The Balaban J connectivity index is 1.81. The summed E-state index contributed by atoms with van der Waals surface area (Å²) in [5, 5.41) is 12.1. The zero-order chi connectivity index (χ0) is 17.4. The summed E-state index contributed by atoms with van der Waals surface area (Å²) >= 11 is 12.1. The lowest BCUT2D eigenvalue weighted by atomic mass is 10.1. The lowest BCUT2D eigenvalue weighted by Gasteiger charge is -2.11. The van der Waals surface area contributed by atoms with Gasteiger partial charge in [-0.2, -0.15) is 5.10 Å². The van der Waals surface area contributed by atoms with Crippen LogP contribution in [-0.4, -0.2) is 28.8 Å². The number of rotatable bonds is 7. The van der Waals surface area contributed by atoms with Crippen molar-refractivity contribution in [3.05, 3.63) is 51.8 Å². The van der Waals surface area contributed by atoms with Crippen molar-refractivity contribution in [3.63, 3.8) is 0 Å². The molecular formula is C17H23Cl2N5. The number of halogens is 2. The molecule has 0 aliphatic rings. The van der Waals surface area contributed by atoms with Crippen LogP contribution in [0.1, 0.15) is 24.6 Å². The van der Waals surface area contributed by atoms with Crippen molar-refractivity contribution in [2.45, 2.75) is 26.3 Å². The number of nitrogens with zero attached hydrogens (tertiary/aromatic N) is 3. The fourth-order valence-electron chi connectivity index (χ4n) is 2.27. The zero-order valence-electron chi connectivity index (χ0n) is 14.0. The van der Waals surface area contributed by atoms with Gasteiger partial charge in [0.05, 0.1) is 12.2 Å². The van der Waals surface area contributed by atoms with Crippen molar-refractivity contribution in [2.75, 3.05) is 13.1 Å². The molecule has 2 rings (SSSR count). The summed E-state index contributed by atoms with van der Waals surface area (Å²) < 4.78 is 1.83. The summed E-state index contributed by atoms with van der Waals surface area (Å²) in [6, 6.07) is 7.60. The number of hydrogen-bond acceptors (Lipinski definition) is 2. The smallest absolute Gasteiger partial charge is 0.191 e. The zero-order valence-corrected chi connectivity index (χ0v) is 15.5. The van der Waals surface area contributed by atoms with E-state index in [2.05, 4.69) is 27.6 Å². The van der Waals surface area contributed by atoms with Gasteiger partial charge in [-0.1, -0.05) is 29.3 Å². The monoisotopic (exact) mass is 367 g/mol. The quantitative estimate of drug-likeness (QED) is 0.447. The molecule has 0 atom stereocenters. The van der Waals surface area contributed by atoms with Crippen LogP contribution in [0.3, 0.4) is 0 Å². The number of aromatic nitrogens is 2. The van der Waals surface area contributed by atoms with Gasteiger partial charge in [0, 0.05) is 36.4 Å². The first-order chi connectivity index (χ1) is 11.6. The summed E-state index contributed by atoms with van der Waals surface area (Å²) in [4.78, 5) is 4.58. The lowest BCUT2D eigenvalue weighted by Crippen LogP contribution is -2.37. The summed E-state index contributed by atoms with van der Waals surface area (Å²) in [5.41, 5.74) is 2.18. The van der Waals surface area contributed by atoms with Crippen LogP contribution in [0.4, 0.5) is 0 Å².